The number of nitrogens with zero attached hydrogens (tertiary/aromatic N) is 1. The highest BCUT2D eigenvalue weighted by atomic mass is 16.5. The van der Waals surface area contributed by atoms with Gasteiger partial charge in [-0.3, -0.25) is 0 Å². The fraction of sp³-hybridized carbons (Fsp3) is 0.545. The molecule has 78 valence electrons. The lowest BCUT2D eigenvalue weighted by molar-refractivity contribution is 0.193. The number of ether oxygens (including phenoxy) is 1. The van der Waals surface area contributed by atoms with Crippen LogP contribution in [0.15, 0.2) is 12.1 Å². The molecule has 0 saturated heterocycles. The number of nitrogens with two attached hydrogens (primary N) is 1. The van der Waals surface area contributed by atoms with Crippen LogP contribution < -0.4 is 10.5 Å². The number of pyridine rings is 1. The van der Waals surface area contributed by atoms with E-state index in [2.05, 4.69) is 18.8 Å². The van der Waals surface area contributed by atoms with Gasteiger partial charge in [0, 0.05) is 5.69 Å². The van der Waals surface area contributed by atoms with Gasteiger partial charge in [0.05, 0.1) is 6.10 Å². The molecule has 0 saturated carbocycles. The zero-order valence-electron chi connectivity index (χ0n) is 9.08. The molecule has 0 radical (unpaired) electrons. The number of hydrogen-bond donors (Lipinski definition) is 1. The maximum absolute atomic E-state index is 5.74. The molecule has 3 nitrogen and oxygen atoms in total. The highest BCUT2D eigenvalue weighted by Gasteiger charge is 2.08. The summed E-state index contributed by atoms with van der Waals surface area (Å²) in [5.74, 6) is 1.18. The number of aromatic nitrogens is 1. The van der Waals surface area contributed by atoms with Crippen molar-refractivity contribution in [2.24, 2.45) is 0 Å². The maximum atomic E-state index is 5.74. The summed E-state index contributed by atoms with van der Waals surface area (Å²) in [5.41, 5.74) is 6.66. The Morgan fingerprint density at radius 3 is 2.50 bits per heavy atom. The van der Waals surface area contributed by atoms with E-state index in [-0.39, 0.29) is 6.10 Å². The molecule has 0 spiro atoms. The highest BCUT2D eigenvalue weighted by Crippen LogP contribution is 2.21. The molecular weight excluding hydrogens is 176 g/mol. The zero-order chi connectivity index (χ0) is 10.6. The molecule has 2 N–H and O–H groups in total. The molecule has 0 atom stereocenters. The van der Waals surface area contributed by atoms with Gasteiger partial charge in [-0.05, 0) is 31.9 Å². The van der Waals surface area contributed by atoms with Crippen LogP contribution in [0.1, 0.15) is 32.4 Å². The monoisotopic (exact) mass is 194 g/mol. The summed E-state index contributed by atoms with van der Waals surface area (Å²) in [6.45, 7) is 6.12. The Bertz CT molecular complexity index is 295. The van der Waals surface area contributed by atoms with Crippen LogP contribution in [0, 0.1) is 6.92 Å². The molecule has 1 aromatic rings. The molecule has 1 aromatic heterocycles. The van der Waals surface area contributed by atoms with E-state index in [9.17, 15) is 0 Å². The van der Waals surface area contributed by atoms with Crippen LogP contribution in [0.3, 0.4) is 0 Å². The molecule has 0 amide bonds. The van der Waals surface area contributed by atoms with Crippen molar-refractivity contribution in [2.45, 2.75) is 39.7 Å². The summed E-state index contributed by atoms with van der Waals surface area (Å²) in [4.78, 5) is 4.15. The number of rotatable bonds is 4. The molecular formula is C11H18N2O. The number of nitrogen functional groups attached to an aromatic ring is 1. The van der Waals surface area contributed by atoms with Crippen molar-refractivity contribution in [1.29, 1.82) is 0 Å². The van der Waals surface area contributed by atoms with E-state index >= 15 is 0 Å². The first-order chi connectivity index (χ1) is 6.67. The summed E-state index contributed by atoms with van der Waals surface area (Å²) in [5, 5.41) is 0. The number of anilines is 1. The molecule has 1 heterocycles. The number of aryl methyl sites for hydroxylation is 1. The fourth-order valence-corrected chi connectivity index (χ4v) is 1.30. The lowest BCUT2D eigenvalue weighted by Crippen LogP contribution is -2.15. The Morgan fingerprint density at radius 2 is 2.00 bits per heavy atom. The minimum Gasteiger partial charge on any atom is -0.487 e. The largest absolute Gasteiger partial charge is 0.487 e. The second-order valence-electron chi connectivity index (χ2n) is 3.39. The van der Waals surface area contributed by atoms with E-state index in [0.29, 0.717) is 11.6 Å². The molecule has 0 aliphatic rings. The van der Waals surface area contributed by atoms with Gasteiger partial charge in [0.25, 0.3) is 0 Å². The van der Waals surface area contributed by atoms with Gasteiger partial charge in [-0.1, -0.05) is 13.8 Å². The molecule has 0 fully saturated rings. The molecule has 1 rings (SSSR count). The molecule has 0 bridgehead atoms. The summed E-state index contributed by atoms with van der Waals surface area (Å²) in [6.07, 6.45) is 2.22. The fourth-order valence-electron chi connectivity index (χ4n) is 1.30. The molecule has 0 aromatic carbocycles. The Morgan fingerprint density at radius 1 is 1.36 bits per heavy atom. The van der Waals surface area contributed by atoms with Crippen molar-refractivity contribution in [3.63, 3.8) is 0 Å². The van der Waals surface area contributed by atoms with Gasteiger partial charge in [-0.15, -0.1) is 0 Å². The first-order valence-electron chi connectivity index (χ1n) is 5.07. The Balaban J connectivity index is 2.76. The van der Waals surface area contributed by atoms with Crippen molar-refractivity contribution >= 4 is 5.82 Å². The first-order valence-corrected chi connectivity index (χ1v) is 5.07. The van der Waals surface area contributed by atoms with Crippen LogP contribution in [0.25, 0.3) is 0 Å². The average Bonchev–Trinajstić information content (AvgIpc) is 2.17. The van der Waals surface area contributed by atoms with Crippen LogP contribution >= 0.6 is 0 Å². The molecule has 3 heteroatoms. The van der Waals surface area contributed by atoms with Crippen molar-refractivity contribution < 1.29 is 4.74 Å². The van der Waals surface area contributed by atoms with Gasteiger partial charge >= 0.3 is 0 Å². The van der Waals surface area contributed by atoms with Gasteiger partial charge in [0.15, 0.2) is 11.6 Å². The van der Waals surface area contributed by atoms with E-state index in [1.165, 1.54) is 0 Å². The van der Waals surface area contributed by atoms with Gasteiger partial charge in [-0.25, -0.2) is 4.98 Å². The Kier molecular flexibility index (Phi) is 3.74. The third-order valence-electron chi connectivity index (χ3n) is 2.23. The number of hydrogen-bond acceptors (Lipinski definition) is 3. The van der Waals surface area contributed by atoms with E-state index in [0.717, 1.165) is 18.5 Å². The van der Waals surface area contributed by atoms with E-state index in [4.69, 9.17) is 10.5 Å². The molecule has 0 aliphatic carbocycles. The second kappa shape index (κ2) is 4.84. The van der Waals surface area contributed by atoms with E-state index in [1.807, 2.05) is 19.1 Å². The van der Waals surface area contributed by atoms with Gasteiger partial charge in [0.2, 0.25) is 0 Å². The van der Waals surface area contributed by atoms with Crippen molar-refractivity contribution in [3.8, 4) is 5.75 Å². The molecule has 0 unspecified atom stereocenters. The normalized spacial score (nSPS) is 10.6. The van der Waals surface area contributed by atoms with Crippen molar-refractivity contribution in [3.05, 3.63) is 17.8 Å². The molecule has 0 aliphatic heterocycles. The Hall–Kier alpha value is -1.25. The SMILES string of the molecule is CCC(CC)Oc1ccc(C)nc1N. The highest BCUT2D eigenvalue weighted by molar-refractivity contribution is 5.46. The van der Waals surface area contributed by atoms with Gasteiger partial charge in [-0.2, -0.15) is 0 Å². The summed E-state index contributed by atoms with van der Waals surface area (Å²) in [6, 6.07) is 3.80. The summed E-state index contributed by atoms with van der Waals surface area (Å²) >= 11 is 0. The van der Waals surface area contributed by atoms with E-state index in [1.54, 1.807) is 0 Å². The van der Waals surface area contributed by atoms with E-state index < -0.39 is 0 Å². The van der Waals surface area contributed by atoms with Crippen LogP contribution in [0.2, 0.25) is 0 Å². The molecule has 14 heavy (non-hydrogen) atoms. The van der Waals surface area contributed by atoms with Gasteiger partial charge in [0.1, 0.15) is 0 Å². The lowest BCUT2D eigenvalue weighted by atomic mass is 10.2. The minimum atomic E-state index is 0.238. The van der Waals surface area contributed by atoms with Gasteiger partial charge < -0.3 is 10.5 Å². The third kappa shape index (κ3) is 2.62. The summed E-state index contributed by atoms with van der Waals surface area (Å²) < 4.78 is 5.71. The van der Waals surface area contributed by atoms with Crippen molar-refractivity contribution in [2.75, 3.05) is 5.73 Å². The quantitative estimate of drug-likeness (QED) is 0.801. The lowest BCUT2D eigenvalue weighted by Gasteiger charge is -2.16. The predicted octanol–water partition coefficient (Wildman–Crippen LogP) is 2.54. The summed E-state index contributed by atoms with van der Waals surface area (Å²) in [7, 11) is 0. The van der Waals surface area contributed by atoms with Crippen molar-refractivity contribution in [1.82, 2.24) is 4.98 Å². The van der Waals surface area contributed by atoms with Crippen LogP contribution in [0.4, 0.5) is 5.82 Å². The maximum Gasteiger partial charge on any atom is 0.166 e. The topological polar surface area (TPSA) is 48.1 Å². The smallest absolute Gasteiger partial charge is 0.166 e. The average molecular weight is 194 g/mol. The second-order valence-corrected chi connectivity index (χ2v) is 3.39. The predicted molar refractivity (Wildman–Crippen MR) is 58.4 cm³/mol. The first kappa shape index (κ1) is 10.8. The zero-order valence-corrected chi connectivity index (χ0v) is 9.08. The van der Waals surface area contributed by atoms with Crippen LogP contribution in [0.5, 0.6) is 5.75 Å². The third-order valence-corrected chi connectivity index (χ3v) is 2.23. The standard InChI is InChI=1S/C11H18N2O/c1-4-9(5-2)14-10-7-6-8(3)13-11(10)12/h6-7,9H,4-5H2,1-3H3,(H2,12,13). The Labute approximate surface area is 85.3 Å². The van der Waals surface area contributed by atoms with Crippen LogP contribution in [-0.4, -0.2) is 11.1 Å². The van der Waals surface area contributed by atoms with Crippen LogP contribution in [-0.2, 0) is 0 Å². The minimum absolute atomic E-state index is 0.238.